The third-order valence-corrected chi connectivity index (χ3v) is 6.10. The maximum atomic E-state index is 6.34. The first kappa shape index (κ1) is 22.8. The molecule has 0 heterocycles. The largest absolute Gasteiger partial charge is 0.493 e. The zero-order chi connectivity index (χ0) is 23.2. The predicted molar refractivity (Wildman–Crippen MR) is 139 cm³/mol. The Hall–Kier alpha value is -3.43. The van der Waals surface area contributed by atoms with Crippen LogP contribution in [0.2, 0.25) is 5.02 Å². The van der Waals surface area contributed by atoms with Gasteiger partial charge in [0.2, 0.25) is 0 Å². The minimum absolute atomic E-state index is 0.460. The number of hydrogen-bond acceptors (Lipinski definition) is 3. The molecule has 0 amide bonds. The molecule has 0 saturated carbocycles. The van der Waals surface area contributed by atoms with Crippen molar-refractivity contribution in [1.82, 2.24) is 0 Å². The van der Waals surface area contributed by atoms with E-state index in [9.17, 15) is 0 Å². The van der Waals surface area contributed by atoms with E-state index < -0.39 is 0 Å². The molecule has 4 heteroatoms. The van der Waals surface area contributed by atoms with Gasteiger partial charge < -0.3 is 14.8 Å². The van der Waals surface area contributed by atoms with E-state index in [1.54, 1.807) is 7.11 Å². The van der Waals surface area contributed by atoms with Gasteiger partial charge in [-0.15, -0.1) is 6.58 Å². The Labute approximate surface area is 200 Å². The lowest BCUT2D eigenvalue weighted by molar-refractivity contribution is 0.283. The second-order valence-electron chi connectivity index (χ2n) is 8.02. The van der Waals surface area contributed by atoms with Crippen LogP contribution >= 0.6 is 11.6 Å². The third kappa shape index (κ3) is 5.32. The number of halogens is 1. The lowest BCUT2D eigenvalue weighted by Crippen LogP contribution is -2.05. The predicted octanol–water partition coefficient (Wildman–Crippen LogP) is 7.73. The Bertz CT molecular complexity index is 1280. The number of aryl methyl sites for hydroxylation is 1. The average Bonchev–Trinajstić information content (AvgIpc) is 2.84. The van der Waals surface area contributed by atoms with Gasteiger partial charge in [-0.05, 0) is 65.1 Å². The summed E-state index contributed by atoms with van der Waals surface area (Å²) in [5.41, 5.74) is 5.32. The number of nitrogens with one attached hydrogen (secondary N) is 1. The van der Waals surface area contributed by atoms with E-state index in [1.165, 1.54) is 10.8 Å². The number of anilines is 1. The summed E-state index contributed by atoms with van der Waals surface area (Å²) < 4.78 is 12.1. The molecule has 0 aliphatic heterocycles. The van der Waals surface area contributed by atoms with Crippen LogP contribution in [-0.2, 0) is 19.6 Å². The number of ether oxygens (including phenoxy) is 2. The standard InChI is InChI=1S/C29H28ClNO2/c1-4-8-23-15-21(18-31-25-14-13-20(2)27(30)17-25)16-28(32-3)29(23)33-19-24-11-7-10-22-9-5-6-12-26(22)24/h4-7,9-17,31H,1,8,18-19H2,2-3H3. The van der Waals surface area contributed by atoms with Crippen LogP contribution in [0.25, 0.3) is 10.8 Å². The summed E-state index contributed by atoms with van der Waals surface area (Å²) in [6.45, 7) is 7.02. The first-order valence-corrected chi connectivity index (χ1v) is 11.4. The minimum atomic E-state index is 0.460. The van der Waals surface area contributed by atoms with Crippen LogP contribution in [0.15, 0.2) is 85.5 Å². The van der Waals surface area contributed by atoms with Crippen molar-refractivity contribution in [2.45, 2.75) is 26.5 Å². The monoisotopic (exact) mass is 457 g/mol. The van der Waals surface area contributed by atoms with Crippen LogP contribution in [0.1, 0.15) is 22.3 Å². The van der Waals surface area contributed by atoms with Crippen LogP contribution in [0.4, 0.5) is 5.69 Å². The number of methoxy groups -OCH3 is 1. The van der Waals surface area contributed by atoms with Gasteiger partial charge in [-0.2, -0.15) is 0 Å². The molecule has 0 aliphatic rings. The van der Waals surface area contributed by atoms with Crippen LogP contribution in [-0.4, -0.2) is 7.11 Å². The van der Waals surface area contributed by atoms with E-state index >= 15 is 0 Å². The molecule has 3 nitrogen and oxygen atoms in total. The van der Waals surface area contributed by atoms with Crippen molar-refractivity contribution in [2.75, 3.05) is 12.4 Å². The molecule has 4 aromatic carbocycles. The number of allylic oxidation sites excluding steroid dienone is 1. The molecule has 0 unspecified atom stereocenters. The molecule has 4 aromatic rings. The molecular formula is C29H28ClNO2. The maximum absolute atomic E-state index is 6.34. The highest BCUT2D eigenvalue weighted by molar-refractivity contribution is 6.31. The summed E-state index contributed by atoms with van der Waals surface area (Å²) in [6.07, 6.45) is 2.57. The van der Waals surface area contributed by atoms with Gasteiger partial charge >= 0.3 is 0 Å². The third-order valence-electron chi connectivity index (χ3n) is 5.70. The molecule has 0 aliphatic carbocycles. The van der Waals surface area contributed by atoms with E-state index in [4.69, 9.17) is 21.1 Å². The lowest BCUT2D eigenvalue weighted by Gasteiger charge is -2.18. The summed E-state index contributed by atoms with van der Waals surface area (Å²) >= 11 is 6.26. The molecule has 0 atom stereocenters. The Kier molecular flexibility index (Phi) is 7.21. The van der Waals surface area contributed by atoms with Gasteiger partial charge in [-0.1, -0.05) is 66.2 Å². The summed E-state index contributed by atoms with van der Waals surface area (Å²) in [4.78, 5) is 0. The van der Waals surface area contributed by atoms with Crippen molar-refractivity contribution in [3.05, 3.63) is 113 Å². The molecule has 168 valence electrons. The van der Waals surface area contributed by atoms with Crippen molar-refractivity contribution in [2.24, 2.45) is 0 Å². The van der Waals surface area contributed by atoms with Crippen molar-refractivity contribution >= 4 is 28.1 Å². The fourth-order valence-electron chi connectivity index (χ4n) is 3.92. The molecule has 4 rings (SSSR count). The van der Waals surface area contributed by atoms with Gasteiger partial charge in [0.1, 0.15) is 6.61 Å². The normalized spacial score (nSPS) is 10.8. The van der Waals surface area contributed by atoms with Crippen LogP contribution in [0.5, 0.6) is 11.5 Å². The van der Waals surface area contributed by atoms with Gasteiger partial charge in [0.05, 0.1) is 7.11 Å². The minimum Gasteiger partial charge on any atom is -0.493 e. The molecule has 0 bridgehead atoms. The highest BCUT2D eigenvalue weighted by Crippen LogP contribution is 2.35. The van der Waals surface area contributed by atoms with E-state index in [-0.39, 0.29) is 0 Å². The Morgan fingerprint density at radius 1 is 0.970 bits per heavy atom. The first-order valence-electron chi connectivity index (χ1n) is 11.0. The van der Waals surface area contributed by atoms with E-state index in [0.29, 0.717) is 25.3 Å². The highest BCUT2D eigenvalue weighted by Gasteiger charge is 2.14. The number of fused-ring (bicyclic) bond motifs is 1. The van der Waals surface area contributed by atoms with Crippen LogP contribution in [0, 0.1) is 6.92 Å². The van der Waals surface area contributed by atoms with Crippen molar-refractivity contribution < 1.29 is 9.47 Å². The zero-order valence-corrected chi connectivity index (χ0v) is 19.8. The van der Waals surface area contributed by atoms with Crippen LogP contribution < -0.4 is 14.8 Å². The summed E-state index contributed by atoms with van der Waals surface area (Å²) in [7, 11) is 1.68. The molecule has 0 saturated heterocycles. The zero-order valence-electron chi connectivity index (χ0n) is 19.0. The quantitative estimate of drug-likeness (QED) is 0.261. The van der Waals surface area contributed by atoms with E-state index in [0.717, 1.165) is 38.7 Å². The van der Waals surface area contributed by atoms with Gasteiger partial charge in [0, 0.05) is 22.8 Å². The van der Waals surface area contributed by atoms with Crippen molar-refractivity contribution in [3.8, 4) is 11.5 Å². The SMILES string of the molecule is C=CCc1cc(CNc2ccc(C)c(Cl)c2)cc(OC)c1OCc1cccc2ccccc12. The Morgan fingerprint density at radius 3 is 2.58 bits per heavy atom. The first-order chi connectivity index (χ1) is 16.1. The molecule has 33 heavy (non-hydrogen) atoms. The van der Waals surface area contributed by atoms with Crippen molar-refractivity contribution in [1.29, 1.82) is 0 Å². The Balaban J connectivity index is 1.58. The second kappa shape index (κ2) is 10.5. The molecular weight excluding hydrogens is 430 g/mol. The second-order valence-corrected chi connectivity index (χ2v) is 8.43. The van der Waals surface area contributed by atoms with E-state index in [2.05, 4.69) is 60.4 Å². The molecule has 1 N–H and O–H groups in total. The topological polar surface area (TPSA) is 30.5 Å². The molecule has 0 spiro atoms. The van der Waals surface area contributed by atoms with Gasteiger partial charge in [-0.25, -0.2) is 0 Å². The summed E-state index contributed by atoms with van der Waals surface area (Å²) in [5.74, 6) is 1.47. The summed E-state index contributed by atoms with van der Waals surface area (Å²) in [6, 6.07) is 24.8. The smallest absolute Gasteiger partial charge is 0.165 e. The van der Waals surface area contributed by atoms with Gasteiger partial charge in [0.15, 0.2) is 11.5 Å². The van der Waals surface area contributed by atoms with Gasteiger partial charge in [0.25, 0.3) is 0 Å². The van der Waals surface area contributed by atoms with Gasteiger partial charge in [-0.3, -0.25) is 0 Å². The van der Waals surface area contributed by atoms with Crippen molar-refractivity contribution in [3.63, 3.8) is 0 Å². The average molecular weight is 458 g/mol. The number of benzene rings is 4. The fourth-order valence-corrected chi connectivity index (χ4v) is 4.10. The van der Waals surface area contributed by atoms with E-state index in [1.807, 2.05) is 37.3 Å². The molecule has 0 aromatic heterocycles. The fraction of sp³-hybridized carbons (Fsp3) is 0.172. The number of hydrogen-bond donors (Lipinski definition) is 1. The summed E-state index contributed by atoms with van der Waals surface area (Å²) in [5, 5.41) is 6.59. The van der Waals surface area contributed by atoms with Crippen LogP contribution in [0.3, 0.4) is 0 Å². The highest BCUT2D eigenvalue weighted by atomic mass is 35.5. The molecule has 0 fully saturated rings. The number of rotatable bonds is 9. The maximum Gasteiger partial charge on any atom is 0.165 e. The molecule has 0 radical (unpaired) electrons. The lowest BCUT2D eigenvalue weighted by atomic mass is 10.0. The Morgan fingerprint density at radius 2 is 1.79 bits per heavy atom.